The number of nitrogens with one attached hydrogen (secondary N) is 1. The molecule has 2 aromatic heterocycles. The Morgan fingerprint density at radius 3 is 2.81 bits per heavy atom. The third-order valence-corrected chi connectivity index (χ3v) is 3.75. The number of anilines is 1. The Balaban J connectivity index is 1.91. The van der Waals surface area contributed by atoms with Crippen molar-refractivity contribution < 1.29 is 14.2 Å². The topological polar surface area (TPSA) is 65.5 Å². The van der Waals surface area contributed by atoms with E-state index in [1.807, 2.05) is 13.0 Å². The molecule has 0 aromatic carbocycles. The molecule has 0 spiro atoms. The monoisotopic (exact) mass is 311 g/mol. The zero-order valence-corrected chi connectivity index (χ0v) is 13.5. The maximum Gasteiger partial charge on any atom is 0.227 e. The molecular formula is C14H21N3O3S. The van der Waals surface area contributed by atoms with E-state index in [0.29, 0.717) is 38.3 Å². The zero-order valence-electron chi connectivity index (χ0n) is 12.6. The van der Waals surface area contributed by atoms with Crippen LogP contribution in [-0.4, -0.2) is 50.6 Å². The summed E-state index contributed by atoms with van der Waals surface area (Å²) in [7, 11) is 3.48. The third-order valence-electron chi connectivity index (χ3n) is 2.81. The van der Waals surface area contributed by atoms with E-state index >= 15 is 0 Å². The molecule has 2 heterocycles. The van der Waals surface area contributed by atoms with Gasteiger partial charge in [0.25, 0.3) is 0 Å². The van der Waals surface area contributed by atoms with Gasteiger partial charge in [0, 0.05) is 32.2 Å². The van der Waals surface area contributed by atoms with Gasteiger partial charge in [-0.15, -0.1) is 11.3 Å². The van der Waals surface area contributed by atoms with E-state index in [9.17, 15) is 0 Å². The van der Waals surface area contributed by atoms with Crippen LogP contribution in [0.5, 0.6) is 5.88 Å². The molecule has 0 unspecified atom stereocenters. The van der Waals surface area contributed by atoms with Gasteiger partial charge < -0.3 is 19.5 Å². The lowest BCUT2D eigenvalue weighted by Gasteiger charge is -2.08. The summed E-state index contributed by atoms with van der Waals surface area (Å²) in [6.07, 6.45) is 0.891. The van der Waals surface area contributed by atoms with Crippen LogP contribution in [0.2, 0.25) is 0 Å². The summed E-state index contributed by atoms with van der Waals surface area (Å²) in [5, 5.41) is 3.91. The molecule has 6 nitrogen and oxygen atoms in total. The molecule has 0 aliphatic rings. The zero-order chi connectivity index (χ0) is 15.1. The normalized spacial score (nSPS) is 11.0. The summed E-state index contributed by atoms with van der Waals surface area (Å²) in [5.41, 5.74) is 0. The van der Waals surface area contributed by atoms with Crippen molar-refractivity contribution in [2.45, 2.75) is 13.3 Å². The maximum atomic E-state index is 5.74. The van der Waals surface area contributed by atoms with E-state index in [-0.39, 0.29) is 0 Å². The van der Waals surface area contributed by atoms with Crippen LogP contribution in [0.15, 0.2) is 6.07 Å². The number of hydrogen-bond donors (Lipinski definition) is 1. The van der Waals surface area contributed by atoms with Crippen LogP contribution in [-0.2, 0) is 9.47 Å². The van der Waals surface area contributed by atoms with Gasteiger partial charge in [-0.2, -0.15) is 4.98 Å². The lowest BCUT2D eigenvalue weighted by molar-refractivity contribution is 0.0800. The van der Waals surface area contributed by atoms with Crippen LogP contribution in [0.1, 0.15) is 11.3 Å². The summed E-state index contributed by atoms with van der Waals surface area (Å²) in [6.45, 7) is 4.45. The van der Waals surface area contributed by atoms with Crippen molar-refractivity contribution >= 4 is 27.5 Å². The van der Waals surface area contributed by atoms with Gasteiger partial charge in [0.05, 0.1) is 12.0 Å². The Morgan fingerprint density at radius 1 is 1.19 bits per heavy atom. The summed E-state index contributed by atoms with van der Waals surface area (Å²) < 4.78 is 16.2. The van der Waals surface area contributed by atoms with Gasteiger partial charge in [-0.05, 0) is 19.4 Å². The minimum absolute atomic E-state index is 0.469. The van der Waals surface area contributed by atoms with Crippen molar-refractivity contribution in [2.24, 2.45) is 0 Å². The molecule has 0 atom stereocenters. The van der Waals surface area contributed by atoms with Gasteiger partial charge in [0.15, 0.2) is 0 Å². The van der Waals surface area contributed by atoms with E-state index in [1.165, 1.54) is 4.88 Å². The third kappa shape index (κ3) is 4.52. The number of hydrogen-bond acceptors (Lipinski definition) is 7. The highest BCUT2D eigenvalue weighted by atomic mass is 32.1. The highest BCUT2D eigenvalue weighted by Gasteiger charge is 2.11. The number of thiophene rings is 1. The molecule has 1 N–H and O–H groups in total. The second kappa shape index (κ2) is 8.11. The maximum absolute atomic E-state index is 5.74. The van der Waals surface area contributed by atoms with E-state index in [2.05, 4.69) is 15.3 Å². The first kappa shape index (κ1) is 15.9. The van der Waals surface area contributed by atoms with Crippen LogP contribution in [0.25, 0.3) is 10.2 Å². The molecule has 0 bridgehead atoms. The van der Waals surface area contributed by atoms with Crippen molar-refractivity contribution in [1.29, 1.82) is 0 Å². The highest BCUT2D eigenvalue weighted by molar-refractivity contribution is 7.18. The molecular weight excluding hydrogens is 290 g/mol. The fraction of sp³-hybridized carbons (Fsp3) is 0.571. The molecule has 0 aliphatic heterocycles. The van der Waals surface area contributed by atoms with Crippen LogP contribution in [0, 0.1) is 6.92 Å². The van der Waals surface area contributed by atoms with Crippen LogP contribution in [0.4, 0.5) is 5.95 Å². The Labute approximate surface area is 128 Å². The molecule has 0 amide bonds. The Kier molecular flexibility index (Phi) is 6.16. The van der Waals surface area contributed by atoms with E-state index in [0.717, 1.165) is 16.6 Å². The minimum atomic E-state index is 0.469. The number of aryl methyl sites for hydroxylation is 1. The summed E-state index contributed by atoms with van der Waals surface area (Å²) in [4.78, 5) is 10.9. The number of ether oxygens (including phenoxy) is 3. The van der Waals surface area contributed by atoms with Crippen molar-refractivity contribution in [1.82, 2.24) is 9.97 Å². The largest absolute Gasteiger partial charge is 0.475 e. The van der Waals surface area contributed by atoms with Crippen LogP contribution in [0.3, 0.4) is 0 Å². The summed E-state index contributed by atoms with van der Waals surface area (Å²) in [5.74, 6) is 1.18. The number of methoxy groups -OCH3 is 1. The fourth-order valence-corrected chi connectivity index (χ4v) is 2.71. The van der Waals surface area contributed by atoms with Crippen molar-refractivity contribution in [3.8, 4) is 5.88 Å². The number of rotatable bonds is 9. The number of fused-ring (bicyclic) bond motifs is 1. The van der Waals surface area contributed by atoms with E-state index in [1.54, 1.807) is 25.5 Å². The molecule has 0 saturated heterocycles. The quantitative estimate of drug-likeness (QED) is 0.718. The smallest absolute Gasteiger partial charge is 0.227 e. The van der Waals surface area contributed by atoms with Gasteiger partial charge in [-0.3, -0.25) is 0 Å². The standard InChI is InChI=1S/C14H21N3O3S/c1-10-9-11-12(16-14(15-2)17-13(11)21-10)20-8-7-19-6-4-5-18-3/h9H,4-8H2,1-3H3,(H,15,16,17). The fourth-order valence-electron chi connectivity index (χ4n) is 1.84. The molecule has 116 valence electrons. The van der Waals surface area contributed by atoms with Crippen LogP contribution < -0.4 is 10.1 Å². The molecule has 2 rings (SSSR count). The lowest BCUT2D eigenvalue weighted by Crippen LogP contribution is -2.10. The second-order valence-electron chi connectivity index (χ2n) is 4.49. The minimum Gasteiger partial charge on any atom is -0.475 e. The van der Waals surface area contributed by atoms with E-state index < -0.39 is 0 Å². The van der Waals surface area contributed by atoms with Crippen molar-refractivity contribution in [3.63, 3.8) is 0 Å². The Morgan fingerprint density at radius 2 is 2.05 bits per heavy atom. The molecule has 21 heavy (non-hydrogen) atoms. The first-order chi connectivity index (χ1) is 10.2. The number of nitrogens with zero attached hydrogens (tertiary/aromatic N) is 2. The van der Waals surface area contributed by atoms with E-state index in [4.69, 9.17) is 14.2 Å². The van der Waals surface area contributed by atoms with Crippen LogP contribution >= 0.6 is 11.3 Å². The lowest BCUT2D eigenvalue weighted by atomic mass is 10.3. The molecule has 7 heteroatoms. The van der Waals surface area contributed by atoms with Gasteiger partial charge >= 0.3 is 0 Å². The predicted molar refractivity (Wildman–Crippen MR) is 84.5 cm³/mol. The molecule has 0 aliphatic carbocycles. The molecule has 0 radical (unpaired) electrons. The van der Waals surface area contributed by atoms with Gasteiger partial charge in [-0.25, -0.2) is 4.98 Å². The highest BCUT2D eigenvalue weighted by Crippen LogP contribution is 2.30. The SMILES string of the molecule is CNc1nc(OCCOCCCOC)c2cc(C)sc2n1. The van der Waals surface area contributed by atoms with Gasteiger partial charge in [0.1, 0.15) is 11.4 Å². The summed E-state index contributed by atoms with van der Waals surface area (Å²) >= 11 is 1.63. The first-order valence-electron chi connectivity index (χ1n) is 6.90. The molecule has 0 fully saturated rings. The average molecular weight is 311 g/mol. The first-order valence-corrected chi connectivity index (χ1v) is 7.71. The van der Waals surface area contributed by atoms with Gasteiger partial charge in [0.2, 0.25) is 11.8 Å². The predicted octanol–water partition coefficient (Wildman–Crippen LogP) is 2.47. The van der Waals surface area contributed by atoms with Crippen molar-refractivity contribution in [3.05, 3.63) is 10.9 Å². The molecule has 2 aromatic rings. The number of aromatic nitrogens is 2. The average Bonchev–Trinajstić information content (AvgIpc) is 2.86. The second-order valence-corrected chi connectivity index (χ2v) is 5.72. The Bertz CT molecular complexity index is 574. The molecule has 0 saturated carbocycles. The summed E-state index contributed by atoms with van der Waals surface area (Å²) in [6, 6.07) is 2.05. The van der Waals surface area contributed by atoms with Crippen molar-refractivity contribution in [2.75, 3.05) is 45.9 Å². The van der Waals surface area contributed by atoms with Gasteiger partial charge in [-0.1, -0.05) is 0 Å². The Hall–Kier alpha value is -1.44.